The zero-order valence-corrected chi connectivity index (χ0v) is 18.5. The molecule has 0 amide bonds. The van der Waals surface area contributed by atoms with Crippen LogP contribution in [0.4, 0.5) is 0 Å². The van der Waals surface area contributed by atoms with Gasteiger partial charge in [-0.15, -0.1) is 35.3 Å². The Hall–Kier alpha value is -0.250. The molecule has 1 aromatic rings. The molecule has 0 aliphatic carbocycles. The van der Waals surface area contributed by atoms with Gasteiger partial charge in [0.05, 0.1) is 7.11 Å². The van der Waals surface area contributed by atoms with E-state index in [1.165, 1.54) is 0 Å². The third-order valence-corrected chi connectivity index (χ3v) is 9.65. The molecule has 0 unspecified atom stereocenters. The minimum absolute atomic E-state index is 0.296. The summed E-state index contributed by atoms with van der Waals surface area (Å²) in [5, 5.41) is 11.1. The zero-order chi connectivity index (χ0) is 19.4. The summed E-state index contributed by atoms with van der Waals surface area (Å²) >= 11 is 4.86. The second-order valence-corrected chi connectivity index (χ2v) is 10.2. The van der Waals surface area contributed by atoms with Crippen molar-refractivity contribution in [1.82, 2.24) is 0 Å². The molecule has 1 aliphatic rings. The Balaban J connectivity index is 2.11. The largest absolute Gasteiger partial charge is 0.497 e. The van der Waals surface area contributed by atoms with Gasteiger partial charge in [-0.1, -0.05) is 0 Å². The number of hydrogen-bond acceptors (Lipinski definition) is 8. The van der Waals surface area contributed by atoms with Crippen LogP contribution in [0.1, 0.15) is 13.8 Å². The Bertz CT molecular complexity index is 554. The highest BCUT2D eigenvalue weighted by Crippen LogP contribution is 2.49. The maximum absolute atomic E-state index is 11.1. The van der Waals surface area contributed by atoms with Crippen LogP contribution in [0.15, 0.2) is 24.3 Å². The molecular weight excluding hydrogens is 392 g/mol. The first-order valence-electron chi connectivity index (χ1n) is 8.27. The van der Waals surface area contributed by atoms with Crippen LogP contribution in [-0.4, -0.2) is 65.1 Å². The van der Waals surface area contributed by atoms with E-state index in [0.29, 0.717) is 6.61 Å². The molecule has 1 heterocycles. The lowest BCUT2D eigenvalue weighted by molar-refractivity contribution is -0.155. The second kappa shape index (κ2) is 9.30. The first-order valence-corrected chi connectivity index (χ1v) is 11.9. The van der Waals surface area contributed by atoms with Crippen molar-refractivity contribution in [3.8, 4) is 11.5 Å². The lowest BCUT2D eigenvalue weighted by Crippen LogP contribution is -2.48. The van der Waals surface area contributed by atoms with Crippen LogP contribution in [0.3, 0.4) is 0 Å². The van der Waals surface area contributed by atoms with E-state index in [0.717, 1.165) is 11.5 Å². The molecule has 0 radical (unpaired) electrons. The van der Waals surface area contributed by atoms with Gasteiger partial charge in [-0.2, -0.15) is 0 Å². The summed E-state index contributed by atoms with van der Waals surface area (Å²) in [7, 11) is 1.63. The number of aliphatic hydroxyl groups excluding tert-OH is 1. The fourth-order valence-corrected chi connectivity index (χ4v) is 6.05. The van der Waals surface area contributed by atoms with Crippen molar-refractivity contribution in [2.75, 3.05) is 32.5 Å². The number of rotatable bonds is 9. The highest BCUT2D eigenvalue weighted by Gasteiger charge is 2.52. The SMILES string of the molecule is COc1ccc(OC[C@@H]2OC(C)(C)O[C@H]2[C@@H](O)C(SC)(SC)SC)cc1. The molecule has 1 aromatic carbocycles. The summed E-state index contributed by atoms with van der Waals surface area (Å²) in [4.78, 5) is 0. The summed E-state index contributed by atoms with van der Waals surface area (Å²) < 4.78 is 22.7. The van der Waals surface area contributed by atoms with Crippen molar-refractivity contribution in [3.63, 3.8) is 0 Å². The molecule has 26 heavy (non-hydrogen) atoms. The van der Waals surface area contributed by atoms with E-state index in [1.54, 1.807) is 42.4 Å². The van der Waals surface area contributed by atoms with Crippen LogP contribution in [0, 0.1) is 0 Å². The third kappa shape index (κ3) is 4.97. The third-order valence-electron chi connectivity index (χ3n) is 4.22. The van der Waals surface area contributed by atoms with Crippen LogP contribution in [0.25, 0.3) is 0 Å². The second-order valence-electron chi connectivity index (χ2n) is 6.29. The summed E-state index contributed by atoms with van der Waals surface area (Å²) in [5.41, 5.74) is 0. The van der Waals surface area contributed by atoms with E-state index in [1.807, 2.05) is 56.9 Å². The summed E-state index contributed by atoms with van der Waals surface area (Å²) in [6, 6.07) is 7.39. The molecule has 2 rings (SSSR count). The van der Waals surface area contributed by atoms with Gasteiger partial charge in [0.15, 0.2) is 5.79 Å². The minimum Gasteiger partial charge on any atom is -0.497 e. The average Bonchev–Trinajstić information content (AvgIpc) is 2.96. The molecule has 1 saturated heterocycles. The normalized spacial score (nSPS) is 23.7. The highest BCUT2D eigenvalue weighted by atomic mass is 32.3. The van der Waals surface area contributed by atoms with Crippen molar-refractivity contribution in [3.05, 3.63) is 24.3 Å². The minimum atomic E-state index is -0.763. The van der Waals surface area contributed by atoms with E-state index >= 15 is 0 Å². The van der Waals surface area contributed by atoms with Crippen molar-refractivity contribution in [2.24, 2.45) is 0 Å². The number of benzene rings is 1. The van der Waals surface area contributed by atoms with Crippen LogP contribution >= 0.6 is 35.3 Å². The fourth-order valence-electron chi connectivity index (χ4n) is 2.92. The molecule has 3 atom stereocenters. The maximum atomic E-state index is 11.1. The number of aliphatic hydroxyl groups is 1. The van der Waals surface area contributed by atoms with Crippen molar-refractivity contribution in [2.45, 2.75) is 41.4 Å². The number of ether oxygens (including phenoxy) is 4. The monoisotopic (exact) mass is 420 g/mol. The molecule has 5 nitrogen and oxygen atoms in total. The Kier molecular flexibility index (Phi) is 7.88. The molecule has 1 fully saturated rings. The van der Waals surface area contributed by atoms with Crippen molar-refractivity contribution >= 4 is 35.3 Å². The maximum Gasteiger partial charge on any atom is 0.164 e. The molecule has 0 aromatic heterocycles. The molecule has 1 aliphatic heterocycles. The first kappa shape index (κ1) is 22.0. The van der Waals surface area contributed by atoms with Gasteiger partial charge in [0, 0.05) is 0 Å². The van der Waals surface area contributed by atoms with Crippen molar-refractivity contribution < 1.29 is 24.1 Å². The molecule has 0 saturated carbocycles. The standard InChI is InChI=1S/C18H28O5S3/c1-17(2)22-14(11-21-13-9-7-12(20-3)8-10-13)15(23-17)16(19)18(24-4,25-5)26-6/h7-10,14-16,19H,11H2,1-6H3/t14-,15+,16+/m0/s1. The van der Waals surface area contributed by atoms with Gasteiger partial charge in [0.1, 0.15) is 39.8 Å². The van der Waals surface area contributed by atoms with E-state index < -0.39 is 21.4 Å². The van der Waals surface area contributed by atoms with E-state index in [2.05, 4.69) is 0 Å². The molecule has 0 spiro atoms. The average molecular weight is 421 g/mol. The quantitative estimate of drug-likeness (QED) is 0.607. The van der Waals surface area contributed by atoms with Gasteiger partial charge in [0.25, 0.3) is 0 Å². The molecule has 8 heteroatoms. The van der Waals surface area contributed by atoms with Gasteiger partial charge in [-0.05, 0) is 56.9 Å². The highest BCUT2D eigenvalue weighted by molar-refractivity contribution is 8.33. The zero-order valence-electron chi connectivity index (χ0n) is 16.1. The Labute approximate surface area is 168 Å². The predicted octanol–water partition coefficient (Wildman–Crippen LogP) is 3.70. The fraction of sp³-hybridized carbons (Fsp3) is 0.667. The van der Waals surface area contributed by atoms with Crippen LogP contribution in [0.5, 0.6) is 11.5 Å². The van der Waals surface area contributed by atoms with Gasteiger partial charge < -0.3 is 24.1 Å². The van der Waals surface area contributed by atoms with Crippen LogP contribution in [-0.2, 0) is 9.47 Å². The summed E-state index contributed by atoms with van der Waals surface area (Å²) in [6.45, 7) is 4.02. The lowest BCUT2D eigenvalue weighted by atomic mass is 10.1. The predicted molar refractivity (Wildman–Crippen MR) is 112 cm³/mol. The lowest BCUT2D eigenvalue weighted by Gasteiger charge is -2.37. The Morgan fingerprint density at radius 2 is 1.62 bits per heavy atom. The number of thioether (sulfide) groups is 3. The number of methoxy groups -OCH3 is 1. The van der Waals surface area contributed by atoms with Gasteiger partial charge in [0.2, 0.25) is 0 Å². The summed E-state index contributed by atoms with van der Waals surface area (Å²) in [6.07, 6.45) is 4.44. The van der Waals surface area contributed by atoms with Crippen LogP contribution < -0.4 is 9.47 Å². The van der Waals surface area contributed by atoms with Gasteiger partial charge >= 0.3 is 0 Å². The smallest absolute Gasteiger partial charge is 0.164 e. The molecular formula is C18H28O5S3. The Morgan fingerprint density at radius 1 is 1.08 bits per heavy atom. The molecule has 1 N–H and O–H groups in total. The Morgan fingerprint density at radius 3 is 2.12 bits per heavy atom. The van der Waals surface area contributed by atoms with Crippen LogP contribution in [0.2, 0.25) is 0 Å². The van der Waals surface area contributed by atoms with Gasteiger partial charge in [-0.3, -0.25) is 0 Å². The van der Waals surface area contributed by atoms with E-state index in [4.69, 9.17) is 18.9 Å². The summed E-state index contributed by atoms with van der Waals surface area (Å²) in [5.74, 6) is 0.732. The number of hydrogen-bond donors (Lipinski definition) is 1. The van der Waals surface area contributed by atoms with Crippen molar-refractivity contribution in [1.29, 1.82) is 0 Å². The molecule has 0 bridgehead atoms. The van der Waals surface area contributed by atoms with E-state index in [9.17, 15) is 5.11 Å². The van der Waals surface area contributed by atoms with Gasteiger partial charge in [-0.25, -0.2) is 0 Å². The first-order chi connectivity index (χ1) is 12.3. The topological polar surface area (TPSA) is 57.2 Å². The molecule has 148 valence electrons. The van der Waals surface area contributed by atoms with E-state index in [-0.39, 0.29) is 6.10 Å².